The minimum absolute atomic E-state index is 0.164. The fourth-order valence-electron chi connectivity index (χ4n) is 2.54. The van der Waals surface area contributed by atoms with Gasteiger partial charge in [-0.3, -0.25) is 0 Å². The van der Waals surface area contributed by atoms with E-state index in [1.54, 1.807) is 0 Å². The minimum Gasteiger partial charge on any atom is -0.444 e. The van der Waals surface area contributed by atoms with E-state index in [9.17, 15) is 4.79 Å². The highest BCUT2D eigenvalue weighted by molar-refractivity contribution is 14.1. The van der Waals surface area contributed by atoms with Crippen LogP contribution in [0, 0.1) is 3.57 Å². The van der Waals surface area contributed by atoms with Gasteiger partial charge < -0.3 is 15.4 Å². The quantitative estimate of drug-likeness (QED) is 0.669. The van der Waals surface area contributed by atoms with Gasteiger partial charge in [-0.05, 0) is 80.8 Å². The Kier molecular flexibility index (Phi) is 5.82. The third kappa shape index (κ3) is 5.50. The number of hydrogen-bond acceptors (Lipinski definition) is 3. The summed E-state index contributed by atoms with van der Waals surface area (Å²) in [5.41, 5.74) is 0.632. The van der Waals surface area contributed by atoms with E-state index in [-0.39, 0.29) is 12.1 Å². The SMILES string of the molecule is CC(C)(C)OC(=O)NC1CCC(Nc2ccc(Cl)cc2I)C1. The van der Waals surface area contributed by atoms with Gasteiger partial charge in [0.1, 0.15) is 5.60 Å². The molecule has 22 heavy (non-hydrogen) atoms. The van der Waals surface area contributed by atoms with Gasteiger partial charge in [-0.2, -0.15) is 0 Å². The Bertz CT molecular complexity index is 545. The third-order valence-electron chi connectivity index (χ3n) is 3.44. The van der Waals surface area contributed by atoms with E-state index in [0.717, 1.165) is 33.5 Å². The maximum Gasteiger partial charge on any atom is 0.407 e. The van der Waals surface area contributed by atoms with E-state index < -0.39 is 5.60 Å². The van der Waals surface area contributed by atoms with Crippen LogP contribution in [0.25, 0.3) is 0 Å². The maximum atomic E-state index is 11.8. The molecule has 1 saturated carbocycles. The summed E-state index contributed by atoms with van der Waals surface area (Å²) in [6.45, 7) is 5.61. The molecule has 1 aromatic carbocycles. The Balaban J connectivity index is 1.84. The van der Waals surface area contributed by atoms with Crippen molar-refractivity contribution in [2.24, 2.45) is 0 Å². The molecular formula is C16H22ClIN2O2. The zero-order valence-corrected chi connectivity index (χ0v) is 16.0. The minimum atomic E-state index is -0.459. The van der Waals surface area contributed by atoms with Crippen molar-refractivity contribution in [1.29, 1.82) is 0 Å². The first kappa shape index (κ1) is 17.7. The Morgan fingerprint density at radius 1 is 1.32 bits per heavy atom. The normalized spacial score (nSPS) is 21.5. The molecule has 122 valence electrons. The summed E-state index contributed by atoms with van der Waals surface area (Å²) < 4.78 is 6.40. The van der Waals surface area contributed by atoms with E-state index in [2.05, 4.69) is 33.2 Å². The Labute approximate surface area is 150 Å². The van der Waals surface area contributed by atoms with Crippen molar-refractivity contribution in [3.05, 3.63) is 26.8 Å². The number of ether oxygens (including phenoxy) is 1. The molecule has 0 aliphatic heterocycles. The van der Waals surface area contributed by atoms with E-state index in [0.29, 0.717) is 6.04 Å². The lowest BCUT2D eigenvalue weighted by Gasteiger charge is -2.22. The molecule has 1 fully saturated rings. The van der Waals surface area contributed by atoms with Crippen LogP contribution in [0.1, 0.15) is 40.0 Å². The topological polar surface area (TPSA) is 50.4 Å². The number of nitrogens with one attached hydrogen (secondary N) is 2. The molecule has 0 spiro atoms. The molecule has 0 saturated heterocycles. The van der Waals surface area contributed by atoms with Crippen LogP contribution in [0.5, 0.6) is 0 Å². The molecule has 0 heterocycles. The Morgan fingerprint density at radius 3 is 2.64 bits per heavy atom. The summed E-state index contributed by atoms with van der Waals surface area (Å²) in [5.74, 6) is 0. The molecule has 1 aliphatic carbocycles. The summed E-state index contributed by atoms with van der Waals surface area (Å²) >= 11 is 8.25. The van der Waals surface area contributed by atoms with Crippen molar-refractivity contribution >= 4 is 46.0 Å². The fourth-order valence-corrected chi connectivity index (χ4v) is 3.57. The lowest BCUT2D eigenvalue weighted by molar-refractivity contribution is 0.0505. The Morgan fingerprint density at radius 2 is 2.00 bits per heavy atom. The van der Waals surface area contributed by atoms with Gasteiger partial charge >= 0.3 is 6.09 Å². The zero-order chi connectivity index (χ0) is 16.3. The number of alkyl carbamates (subject to hydrolysis) is 1. The first-order valence-electron chi connectivity index (χ1n) is 7.44. The van der Waals surface area contributed by atoms with Crippen molar-refractivity contribution in [2.75, 3.05) is 5.32 Å². The smallest absolute Gasteiger partial charge is 0.407 e. The molecule has 0 aromatic heterocycles. The van der Waals surface area contributed by atoms with Gasteiger partial charge in [-0.1, -0.05) is 11.6 Å². The molecule has 1 aromatic rings. The highest BCUT2D eigenvalue weighted by Gasteiger charge is 2.27. The van der Waals surface area contributed by atoms with Crippen molar-refractivity contribution in [3.63, 3.8) is 0 Å². The van der Waals surface area contributed by atoms with E-state index in [1.807, 2.05) is 39.0 Å². The standard InChI is InChI=1S/C16H22ClIN2O2/c1-16(2,3)22-15(21)20-12-6-5-11(9-12)19-14-7-4-10(17)8-13(14)18/h4,7-8,11-12,19H,5-6,9H2,1-3H3,(H,20,21). The number of carbonyl (C=O) groups is 1. The second-order valence-corrected chi connectivity index (χ2v) is 8.22. The molecule has 0 bridgehead atoms. The first-order chi connectivity index (χ1) is 10.2. The molecule has 1 aliphatic rings. The van der Waals surface area contributed by atoms with Gasteiger partial charge in [0.05, 0.1) is 0 Å². The van der Waals surface area contributed by atoms with Crippen LogP contribution in [-0.4, -0.2) is 23.8 Å². The number of hydrogen-bond donors (Lipinski definition) is 2. The second kappa shape index (κ2) is 7.25. The van der Waals surface area contributed by atoms with Crippen molar-refractivity contribution in [2.45, 2.75) is 57.7 Å². The van der Waals surface area contributed by atoms with Crippen molar-refractivity contribution in [1.82, 2.24) is 5.32 Å². The summed E-state index contributed by atoms with van der Waals surface area (Å²) in [7, 11) is 0. The molecule has 2 N–H and O–H groups in total. The summed E-state index contributed by atoms with van der Waals surface area (Å²) in [6, 6.07) is 6.35. The van der Waals surface area contributed by atoms with Crippen molar-refractivity contribution in [3.8, 4) is 0 Å². The van der Waals surface area contributed by atoms with Crippen LogP contribution in [0.2, 0.25) is 5.02 Å². The lowest BCUT2D eigenvalue weighted by atomic mass is 10.2. The number of benzene rings is 1. The van der Waals surface area contributed by atoms with Gasteiger partial charge in [-0.15, -0.1) is 0 Å². The average molecular weight is 437 g/mol. The number of carbonyl (C=O) groups excluding carboxylic acids is 1. The second-order valence-electron chi connectivity index (χ2n) is 6.62. The van der Waals surface area contributed by atoms with Crippen LogP contribution in [-0.2, 0) is 4.74 Å². The molecule has 2 unspecified atom stereocenters. The van der Waals surface area contributed by atoms with Crippen LogP contribution >= 0.6 is 34.2 Å². The predicted octanol–water partition coefficient (Wildman–Crippen LogP) is 4.80. The number of rotatable bonds is 3. The fraction of sp³-hybridized carbons (Fsp3) is 0.562. The molecular weight excluding hydrogens is 415 g/mol. The molecule has 2 atom stereocenters. The number of amides is 1. The first-order valence-corrected chi connectivity index (χ1v) is 8.90. The van der Waals surface area contributed by atoms with E-state index in [1.165, 1.54) is 0 Å². The van der Waals surface area contributed by atoms with Crippen LogP contribution in [0.15, 0.2) is 18.2 Å². The highest BCUT2D eigenvalue weighted by Crippen LogP contribution is 2.27. The zero-order valence-electron chi connectivity index (χ0n) is 13.1. The molecule has 2 rings (SSSR count). The third-order valence-corrected chi connectivity index (χ3v) is 4.57. The monoisotopic (exact) mass is 436 g/mol. The number of anilines is 1. The maximum absolute atomic E-state index is 11.8. The predicted molar refractivity (Wildman–Crippen MR) is 98.6 cm³/mol. The number of halogens is 2. The summed E-state index contributed by atoms with van der Waals surface area (Å²) in [6.07, 6.45) is 2.55. The average Bonchev–Trinajstić information content (AvgIpc) is 2.77. The summed E-state index contributed by atoms with van der Waals surface area (Å²) in [5, 5.41) is 7.22. The van der Waals surface area contributed by atoms with Gasteiger partial charge in [0.15, 0.2) is 0 Å². The summed E-state index contributed by atoms with van der Waals surface area (Å²) in [4.78, 5) is 11.8. The van der Waals surface area contributed by atoms with Crippen LogP contribution in [0.3, 0.4) is 0 Å². The van der Waals surface area contributed by atoms with E-state index >= 15 is 0 Å². The van der Waals surface area contributed by atoms with Crippen molar-refractivity contribution < 1.29 is 9.53 Å². The van der Waals surface area contributed by atoms with E-state index in [4.69, 9.17) is 16.3 Å². The largest absolute Gasteiger partial charge is 0.444 e. The van der Waals surface area contributed by atoms with Gasteiger partial charge in [0.2, 0.25) is 0 Å². The molecule has 1 amide bonds. The lowest BCUT2D eigenvalue weighted by Crippen LogP contribution is -2.38. The van der Waals surface area contributed by atoms with Crippen LogP contribution < -0.4 is 10.6 Å². The molecule has 4 nitrogen and oxygen atoms in total. The molecule has 6 heteroatoms. The Hall–Kier alpha value is -0.690. The van der Waals surface area contributed by atoms with Gasteiger partial charge in [-0.25, -0.2) is 4.79 Å². The van der Waals surface area contributed by atoms with Gasteiger partial charge in [0, 0.05) is 26.4 Å². The van der Waals surface area contributed by atoms with Crippen LogP contribution in [0.4, 0.5) is 10.5 Å². The van der Waals surface area contributed by atoms with Gasteiger partial charge in [0.25, 0.3) is 0 Å². The highest BCUT2D eigenvalue weighted by atomic mass is 127. The molecule has 0 radical (unpaired) electrons.